The van der Waals surface area contributed by atoms with Crippen molar-refractivity contribution in [3.63, 3.8) is 0 Å². The maximum atomic E-state index is 13.3. The molecule has 0 radical (unpaired) electrons. The normalized spacial score (nSPS) is 22.4. The molecule has 2 amide bonds. The summed E-state index contributed by atoms with van der Waals surface area (Å²) in [5.74, 6) is 0.211. The fraction of sp³-hybridized carbons (Fsp3) is 0.522. The van der Waals surface area contributed by atoms with Gasteiger partial charge in [-0.25, -0.2) is 13.2 Å². The molecule has 2 fully saturated rings. The summed E-state index contributed by atoms with van der Waals surface area (Å²) in [5, 5.41) is 18.9. The molecular formula is C23H28ClN3O5S. The second-order valence-corrected chi connectivity index (χ2v) is 12.0. The number of phenols is 1. The number of anilines is 1. The number of aryl methyl sites for hydroxylation is 1. The van der Waals surface area contributed by atoms with Crippen molar-refractivity contribution >= 4 is 33.2 Å². The number of benzene rings is 1. The van der Waals surface area contributed by atoms with Gasteiger partial charge in [0.15, 0.2) is 15.6 Å². The van der Waals surface area contributed by atoms with Gasteiger partial charge in [-0.1, -0.05) is 11.6 Å². The number of sulfone groups is 1. The van der Waals surface area contributed by atoms with E-state index in [1.165, 1.54) is 12.1 Å². The molecule has 1 aliphatic heterocycles. The average Bonchev–Trinajstić information content (AvgIpc) is 3.24. The highest BCUT2D eigenvalue weighted by atomic mass is 35.5. The Morgan fingerprint density at radius 2 is 1.97 bits per heavy atom. The second kappa shape index (κ2) is 8.52. The third kappa shape index (κ3) is 4.11. The topological polar surface area (TPSA) is 121 Å². The molecule has 0 bridgehead atoms. The van der Waals surface area contributed by atoms with Crippen LogP contribution < -0.4 is 16.0 Å². The first kappa shape index (κ1) is 22.6. The van der Waals surface area contributed by atoms with Crippen LogP contribution in [0.2, 0.25) is 5.02 Å². The van der Waals surface area contributed by atoms with E-state index in [0.29, 0.717) is 12.8 Å². The molecule has 5 rings (SSSR count). The van der Waals surface area contributed by atoms with E-state index in [1.54, 1.807) is 6.26 Å². The molecule has 8 nitrogen and oxygen atoms in total. The molecule has 2 aromatic rings. The third-order valence-corrected chi connectivity index (χ3v) is 10.0. The van der Waals surface area contributed by atoms with Gasteiger partial charge in [0, 0.05) is 0 Å². The van der Waals surface area contributed by atoms with E-state index >= 15 is 0 Å². The number of fused-ring (bicyclic) bond motifs is 1. The number of rotatable bonds is 4. The Morgan fingerprint density at radius 1 is 1.21 bits per heavy atom. The predicted octanol–water partition coefficient (Wildman–Crippen LogP) is 4.14. The first-order chi connectivity index (χ1) is 15.8. The number of phenolic OH excluding ortho intramolecular Hbond substituents is 1. The van der Waals surface area contributed by atoms with Crippen LogP contribution in [-0.2, 0) is 16.3 Å². The van der Waals surface area contributed by atoms with Gasteiger partial charge < -0.3 is 25.5 Å². The zero-order valence-corrected chi connectivity index (χ0v) is 19.8. The van der Waals surface area contributed by atoms with E-state index in [4.69, 9.17) is 16.0 Å². The molecule has 1 saturated heterocycles. The zero-order chi connectivity index (χ0) is 23.2. The van der Waals surface area contributed by atoms with Gasteiger partial charge in [-0.05, 0) is 87.2 Å². The monoisotopic (exact) mass is 493 g/mol. The molecule has 1 saturated carbocycles. The second-order valence-electron chi connectivity index (χ2n) is 9.45. The summed E-state index contributed by atoms with van der Waals surface area (Å²) in [7, 11) is -3.85. The van der Waals surface area contributed by atoms with Gasteiger partial charge in [0.2, 0.25) is 0 Å². The lowest BCUT2D eigenvalue weighted by Gasteiger charge is -2.49. The Hall–Kier alpha value is -2.23. The summed E-state index contributed by atoms with van der Waals surface area (Å²) in [5.41, 5.74) is 1.13. The number of hydrogen-bond donors (Lipinski definition) is 4. The summed E-state index contributed by atoms with van der Waals surface area (Å²) >= 11 is 6.23. The molecule has 33 heavy (non-hydrogen) atoms. The van der Waals surface area contributed by atoms with Crippen LogP contribution in [0.5, 0.6) is 5.75 Å². The molecule has 2 heterocycles. The van der Waals surface area contributed by atoms with Crippen molar-refractivity contribution in [2.24, 2.45) is 5.41 Å². The highest BCUT2D eigenvalue weighted by molar-refractivity contribution is 7.92. The summed E-state index contributed by atoms with van der Waals surface area (Å²) in [6.07, 6.45) is 7.22. The van der Waals surface area contributed by atoms with E-state index in [9.17, 15) is 18.3 Å². The summed E-state index contributed by atoms with van der Waals surface area (Å²) in [6.45, 7) is 1.79. The van der Waals surface area contributed by atoms with Crippen molar-refractivity contribution in [3.05, 3.63) is 40.8 Å². The minimum Gasteiger partial charge on any atom is -0.504 e. The molecule has 178 valence electrons. The van der Waals surface area contributed by atoms with Gasteiger partial charge in [0.1, 0.15) is 10.7 Å². The predicted molar refractivity (Wildman–Crippen MR) is 124 cm³/mol. The number of amides is 2. The Labute approximate surface area is 198 Å². The van der Waals surface area contributed by atoms with E-state index in [2.05, 4.69) is 16.0 Å². The quantitative estimate of drug-likeness (QED) is 0.475. The Balaban J connectivity index is 1.32. The van der Waals surface area contributed by atoms with Crippen LogP contribution >= 0.6 is 11.6 Å². The van der Waals surface area contributed by atoms with Crippen LogP contribution in [0.3, 0.4) is 0 Å². The fourth-order valence-electron chi connectivity index (χ4n) is 5.52. The van der Waals surface area contributed by atoms with Crippen LogP contribution in [0.15, 0.2) is 33.8 Å². The van der Waals surface area contributed by atoms with Gasteiger partial charge in [-0.3, -0.25) is 0 Å². The molecule has 1 spiro atoms. The van der Waals surface area contributed by atoms with Gasteiger partial charge in [0.05, 0.1) is 28.3 Å². The first-order valence-electron chi connectivity index (χ1n) is 11.4. The number of piperidine rings is 1. The number of hydrogen-bond acceptors (Lipinski definition) is 6. The Morgan fingerprint density at radius 3 is 2.73 bits per heavy atom. The molecule has 10 heteroatoms. The minimum absolute atomic E-state index is 0.00172. The highest BCUT2D eigenvalue weighted by Crippen LogP contribution is 2.53. The zero-order valence-electron chi connectivity index (χ0n) is 18.2. The molecule has 4 N–H and O–H groups in total. The van der Waals surface area contributed by atoms with E-state index in [0.717, 1.165) is 56.5 Å². The van der Waals surface area contributed by atoms with Crippen LogP contribution in [0.25, 0.3) is 0 Å². The average molecular weight is 494 g/mol. The number of carbonyl (C=O) groups is 1. The van der Waals surface area contributed by atoms with Crippen LogP contribution in [0.4, 0.5) is 10.5 Å². The number of furan rings is 1. The summed E-state index contributed by atoms with van der Waals surface area (Å²) in [4.78, 5) is 12.3. The third-order valence-electron chi connectivity index (χ3n) is 7.38. The standard InChI is InChI=1S/C23H28ClN3O5S/c24-16-4-5-17(26-22(29)27-18-3-1-2-14-6-11-32-20(14)18)19(28)21(16)33(30,31)15-12-23(13-15)7-9-25-10-8-23/h4-6,11,15,18,25,28H,1-3,7-10,12-13H2,(H2,26,27,29). The molecular weight excluding hydrogens is 466 g/mol. The summed E-state index contributed by atoms with van der Waals surface area (Å²) < 4.78 is 32.2. The minimum atomic E-state index is -3.85. The lowest BCUT2D eigenvalue weighted by molar-refractivity contribution is 0.0901. The summed E-state index contributed by atoms with van der Waals surface area (Å²) in [6, 6.07) is 3.87. The van der Waals surface area contributed by atoms with Crippen molar-refractivity contribution in [1.82, 2.24) is 10.6 Å². The van der Waals surface area contributed by atoms with Crippen LogP contribution in [-0.4, -0.2) is 37.9 Å². The number of halogens is 1. The van der Waals surface area contributed by atoms with Crippen LogP contribution in [0, 0.1) is 5.41 Å². The first-order valence-corrected chi connectivity index (χ1v) is 13.3. The molecule has 2 aliphatic carbocycles. The highest BCUT2D eigenvalue weighted by Gasteiger charge is 2.51. The van der Waals surface area contributed by atoms with Gasteiger partial charge in [-0.2, -0.15) is 0 Å². The molecule has 1 aromatic heterocycles. The molecule has 1 aromatic carbocycles. The van der Waals surface area contributed by atoms with Crippen molar-refractivity contribution in [3.8, 4) is 5.75 Å². The lowest BCUT2D eigenvalue weighted by Crippen LogP contribution is -2.50. The smallest absolute Gasteiger partial charge is 0.319 e. The Bertz CT molecular complexity index is 1160. The maximum Gasteiger partial charge on any atom is 0.319 e. The van der Waals surface area contributed by atoms with Crippen molar-refractivity contribution < 1.29 is 22.7 Å². The molecule has 1 atom stereocenters. The SMILES string of the molecule is O=C(Nc1ccc(Cl)c(S(=O)(=O)C2CC3(CCNCC3)C2)c1O)NC1CCCc2ccoc21. The molecule has 1 unspecified atom stereocenters. The van der Waals surface area contributed by atoms with E-state index in [1.807, 2.05) is 6.07 Å². The number of aromatic hydroxyl groups is 1. The Kier molecular flexibility index (Phi) is 5.83. The lowest BCUT2D eigenvalue weighted by atomic mass is 9.63. The van der Waals surface area contributed by atoms with Crippen LogP contribution in [0.1, 0.15) is 55.9 Å². The fourth-order valence-corrected chi connectivity index (χ4v) is 8.19. The van der Waals surface area contributed by atoms with E-state index < -0.39 is 26.9 Å². The van der Waals surface area contributed by atoms with Gasteiger partial charge in [-0.15, -0.1) is 0 Å². The van der Waals surface area contributed by atoms with Gasteiger partial charge in [0.25, 0.3) is 0 Å². The maximum absolute atomic E-state index is 13.3. The van der Waals surface area contributed by atoms with E-state index in [-0.39, 0.29) is 27.1 Å². The van der Waals surface area contributed by atoms with Gasteiger partial charge >= 0.3 is 6.03 Å². The number of urea groups is 1. The largest absolute Gasteiger partial charge is 0.504 e. The van der Waals surface area contributed by atoms with Crippen molar-refractivity contribution in [2.45, 2.75) is 61.1 Å². The van der Waals surface area contributed by atoms with Crippen molar-refractivity contribution in [1.29, 1.82) is 0 Å². The number of carbonyl (C=O) groups excluding carboxylic acids is 1. The number of nitrogens with one attached hydrogen (secondary N) is 3. The molecule has 3 aliphatic rings. The van der Waals surface area contributed by atoms with Crippen molar-refractivity contribution in [2.75, 3.05) is 18.4 Å².